The maximum absolute atomic E-state index is 10.9. The fourth-order valence-electron chi connectivity index (χ4n) is 0.901. The predicted molar refractivity (Wildman–Crippen MR) is 51.5 cm³/mol. The maximum atomic E-state index is 10.9. The molecule has 0 fully saturated rings. The Hall–Kier alpha value is -1.71. The number of carbonyl (C=O) groups excluding carboxylic acids is 1. The van der Waals surface area contributed by atoms with Crippen LogP contribution in [0.5, 0.6) is 0 Å². The zero-order valence-corrected chi connectivity index (χ0v) is 7.41. The average Bonchev–Trinajstić information content (AvgIpc) is 2.04. The summed E-state index contributed by atoms with van der Waals surface area (Å²) in [4.78, 5) is 10.9. The largest absolute Gasteiger partial charge is 0.450 e. The van der Waals surface area contributed by atoms with Gasteiger partial charge in [0.15, 0.2) is 0 Å². The van der Waals surface area contributed by atoms with E-state index in [1.165, 1.54) is 0 Å². The number of carbonyl (C=O) groups is 1. The molecule has 0 saturated carbocycles. The van der Waals surface area contributed by atoms with E-state index in [1.807, 2.05) is 0 Å². The third-order valence-electron chi connectivity index (χ3n) is 1.41. The molecule has 1 aromatic rings. The molecule has 0 spiro atoms. The Kier molecular flexibility index (Phi) is 3.14. The van der Waals surface area contributed by atoms with Crippen LogP contribution in [-0.2, 0) is 4.74 Å². The monoisotopic (exact) mass is 180 g/mol. The molecule has 0 unspecified atom stereocenters. The van der Waals surface area contributed by atoms with Crippen LogP contribution in [0.4, 0.5) is 16.2 Å². The molecule has 3 N–H and O–H groups in total. The van der Waals surface area contributed by atoms with Crippen molar-refractivity contribution in [3.05, 3.63) is 24.3 Å². The van der Waals surface area contributed by atoms with E-state index >= 15 is 0 Å². The predicted octanol–water partition coefficient (Wildman–Crippen LogP) is 1.84. The average molecular weight is 180 g/mol. The Morgan fingerprint density at radius 3 is 3.00 bits per heavy atom. The van der Waals surface area contributed by atoms with Gasteiger partial charge in [0, 0.05) is 11.4 Å². The molecule has 1 aromatic carbocycles. The number of hydrogen-bond donors (Lipinski definition) is 2. The van der Waals surface area contributed by atoms with Crippen LogP contribution >= 0.6 is 0 Å². The highest BCUT2D eigenvalue weighted by Crippen LogP contribution is 2.11. The first-order valence-electron chi connectivity index (χ1n) is 4.01. The number of amides is 1. The molecule has 13 heavy (non-hydrogen) atoms. The fourth-order valence-corrected chi connectivity index (χ4v) is 0.901. The first-order valence-corrected chi connectivity index (χ1v) is 4.01. The van der Waals surface area contributed by atoms with E-state index in [0.29, 0.717) is 18.0 Å². The van der Waals surface area contributed by atoms with E-state index in [0.717, 1.165) is 0 Å². The SMILES string of the molecule is CCOC(=O)Nc1cccc(N)c1. The van der Waals surface area contributed by atoms with Crippen LogP contribution in [0.1, 0.15) is 6.92 Å². The second kappa shape index (κ2) is 4.35. The quantitative estimate of drug-likeness (QED) is 0.682. The molecule has 70 valence electrons. The number of nitrogens with one attached hydrogen (secondary N) is 1. The van der Waals surface area contributed by atoms with Gasteiger partial charge in [-0.2, -0.15) is 0 Å². The van der Waals surface area contributed by atoms with Crippen LogP contribution in [0.15, 0.2) is 24.3 Å². The molecule has 4 heteroatoms. The molecule has 1 rings (SSSR count). The summed E-state index contributed by atoms with van der Waals surface area (Å²) in [5.41, 5.74) is 6.76. The summed E-state index contributed by atoms with van der Waals surface area (Å²) in [7, 11) is 0. The minimum absolute atomic E-state index is 0.355. The number of ether oxygens (including phenoxy) is 1. The Morgan fingerprint density at radius 1 is 1.62 bits per heavy atom. The summed E-state index contributed by atoms with van der Waals surface area (Å²) >= 11 is 0. The molecule has 0 heterocycles. The van der Waals surface area contributed by atoms with Gasteiger partial charge in [-0.25, -0.2) is 4.79 Å². The second-order valence-corrected chi connectivity index (χ2v) is 2.47. The standard InChI is InChI=1S/C9H12N2O2/c1-2-13-9(12)11-8-5-3-4-7(10)6-8/h3-6H,2,10H2,1H3,(H,11,12). The van der Waals surface area contributed by atoms with Gasteiger partial charge in [-0.05, 0) is 25.1 Å². The van der Waals surface area contributed by atoms with Gasteiger partial charge in [-0.1, -0.05) is 6.07 Å². The Labute approximate surface area is 76.7 Å². The van der Waals surface area contributed by atoms with Gasteiger partial charge in [0.1, 0.15) is 0 Å². The zero-order chi connectivity index (χ0) is 9.68. The van der Waals surface area contributed by atoms with Gasteiger partial charge in [0.25, 0.3) is 0 Å². The van der Waals surface area contributed by atoms with E-state index < -0.39 is 6.09 Å². The van der Waals surface area contributed by atoms with Crippen molar-refractivity contribution in [2.75, 3.05) is 17.7 Å². The van der Waals surface area contributed by atoms with Crippen molar-refractivity contribution in [1.82, 2.24) is 0 Å². The normalized spacial score (nSPS) is 9.31. The molecule has 0 radical (unpaired) electrons. The van der Waals surface area contributed by atoms with E-state index in [9.17, 15) is 4.79 Å². The highest BCUT2D eigenvalue weighted by molar-refractivity contribution is 5.85. The lowest BCUT2D eigenvalue weighted by Gasteiger charge is -2.04. The summed E-state index contributed by atoms with van der Waals surface area (Å²) < 4.78 is 4.69. The lowest BCUT2D eigenvalue weighted by atomic mass is 10.3. The molecule has 0 saturated heterocycles. The van der Waals surface area contributed by atoms with Crippen molar-refractivity contribution < 1.29 is 9.53 Å². The molecular formula is C9H12N2O2. The van der Waals surface area contributed by atoms with Gasteiger partial charge < -0.3 is 10.5 Å². The fraction of sp³-hybridized carbons (Fsp3) is 0.222. The minimum Gasteiger partial charge on any atom is -0.450 e. The number of anilines is 2. The number of nitrogens with two attached hydrogens (primary N) is 1. The van der Waals surface area contributed by atoms with Crippen molar-refractivity contribution in [2.45, 2.75) is 6.92 Å². The highest BCUT2D eigenvalue weighted by atomic mass is 16.5. The molecule has 0 atom stereocenters. The number of nitrogen functional groups attached to an aromatic ring is 1. The van der Waals surface area contributed by atoms with E-state index in [-0.39, 0.29) is 0 Å². The summed E-state index contributed by atoms with van der Waals surface area (Å²) in [6.45, 7) is 2.10. The Bertz CT molecular complexity index is 299. The van der Waals surface area contributed by atoms with Crippen molar-refractivity contribution in [3.8, 4) is 0 Å². The molecular weight excluding hydrogens is 168 g/mol. The van der Waals surface area contributed by atoms with E-state index in [2.05, 4.69) is 5.32 Å². The lowest BCUT2D eigenvalue weighted by molar-refractivity contribution is 0.168. The summed E-state index contributed by atoms with van der Waals surface area (Å²) in [6.07, 6.45) is -0.465. The van der Waals surface area contributed by atoms with Gasteiger partial charge in [0.2, 0.25) is 0 Å². The molecule has 0 aromatic heterocycles. The second-order valence-electron chi connectivity index (χ2n) is 2.47. The molecule has 0 aliphatic carbocycles. The van der Waals surface area contributed by atoms with Crippen molar-refractivity contribution in [3.63, 3.8) is 0 Å². The van der Waals surface area contributed by atoms with Crippen LogP contribution in [0.3, 0.4) is 0 Å². The van der Waals surface area contributed by atoms with Crippen LogP contribution in [0, 0.1) is 0 Å². The third-order valence-corrected chi connectivity index (χ3v) is 1.41. The molecule has 1 amide bonds. The van der Waals surface area contributed by atoms with Crippen LogP contribution in [0.25, 0.3) is 0 Å². The number of benzene rings is 1. The minimum atomic E-state index is -0.465. The highest BCUT2D eigenvalue weighted by Gasteiger charge is 2.00. The Morgan fingerprint density at radius 2 is 2.38 bits per heavy atom. The van der Waals surface area contributed by atoms with Crippen LogP contribution in [-0.4, -0.2) is 12.7 Å². The van der Waals surface area contributed by atoms with Crippen molar-refractivity contribution >= 4 is 17.5 Å². The molecule has 0 aliphatic heterocycles. The lowest BCUT2D eigenvalue weighted by Crippen LogP contribution is -2.13. The maximum Gasteiger partial charge on any atom is 0.411 e. The first kappa shape index (κ1) is 9.38. The Balaban J connectivity index is 2.58. The van der Waals surface area contributed by atoms with Crippen LogP contribution in [0.2, 0.25) is 0 Å². The number of hydrogen-bond acceptors (Lipinski definition) is 3. The van der Waals surface area contributed by atoms with Crippen LogP contribution < -0.4 is 11.1 Å². The topological polar surface area (TPSA) is 64.3 Å². The van der Waals surface area contributed by atoms with E-state index in [1.54, 1.807) is 31.2 Å². The summed E-state index contributed by atoms with van der Waals surface area (Å²) in [5.74, 6) is 0. The molecule has 0 aliphatic rings. The smallest absolute Gasteiger partial charge is 0.411 e. The van der Waals surface area contributed by atoms with Gasteiger partial charge >= 0.3 is 6.09 Å². The number of rotatable bonds is 2. The molecule has 0 bridgehead atoms. The van der Waals surface area contributed by atoms with Gasteiger partial charge in [0.05, 0.1) is 6.61 Å². The van der Waals surface area contributed by atoms with Gasteiger partial charge in [-0.15, -0.1) is 0 Å². The van der Waals surface area contributed by atoms with Crippen molar-refractivity contribution in [2.24, 2.45) is 0 Å². The zero-order valence-electron chi connectivity index (χ0n) is 7.41. The van der Waals surface area contributed by atoms with Gasteiger partial charge in [-0.3, -0.25) is 5.32 Å². The van der Waals surface area contributed by atoms with Crippen molar-refractivity contribution in [1.29, 1.82) is 0 Å². The summed E-state index contributed by atoms with van der Waals surface area (Å²) in [6, 6.07) is 6.91. The van der Waals surface area contributed by atoms with E-state index in [4.69, 9.17) is 10.5 Å². The first-order chi connectivity index (χ1) is 6.22. The third kappa shape index (κ3) is 3.02. The molecule has 4 nitrogen and oxygen atoms in total. The summed E-state index contributed by atoms with van der Waals surface area (Å²) in [5, 5.41) is 2.54.